The lowest BCUT2D eigenvalue weighted by Crippen LogP contribution is -2.51. The molecule has 0 bridgehead atoms. The van der Waals surface area contributed by atoms with Gasteiger partial charge in [0.1, 0.15) is 5.65 Å². The molecule has 1 saturated carbocycles. The van der Waals surface area contributed by atoms with Gasteiger partial charge in [-0.05, 0) is 25.8 Å². The molecule has 150 valence electrons. The molecule has 2 heterocycles. The summed E-state index contributed by atoms with van der Waals surface area (Å²) in [6, 6.07) is 1.55. The van der Waals surface area contributed by atoms with Crippen molar-refractivity contribution < 1.29 is 4.79 Å². The van der Waals surface area contributed by atoms with Crippen molar-refractivity contribution in [1.82, 2.24) is 14.1 Å². The van der Waals surface area contributed by atoms with Crippen LogP contribution < -0.4 is 22.3 Å². The quantitative estimate of drug-likeness (QED) is 0.764. The maximum atomic E-state index is 12.6. The average Bonchev–Trinajstić information content (AvgIpc) is 2.57. The molecule has 0 radical (unpaired) electrons. The van der Waals surface area contributed by atoms with E-state index in [1.54, 1.807) is 13.1 Å². The molecule has 2 atom stereocenters. The molecule has 3 rings (SSSR count). The van der Waals surface area contributed by atoms with Gasteiger partial charge in [0.15, 0.2) is 0 Å². The fourth-order valence-corrected chi connectivity index (χ4v) is 3.55. The third-order valence-electron chi connectivity index (χ3n) is 5.13. The number of carbonyl (C=O) groups is 1. The van der Waals surface area contributed by atoms with Crippen LogP contribution in [0, 0.1) is 5.92 Å². The molecular weight excluding hydrogens is 393 g/mol. The lowest BCUT2D eigenvalue weighted by molar-refractivity contribution is -0.122. The number of amides is 1. The second kappa shape index (κ2) is 8.41. The van der Waals surface area contributed by atoms with Crippen LogP contribution in [-0.2, 0) is 18.9 Å². The van der Waals surface area contributed by atoms with Crippen LogP contribution in [0.15, 0.2) is 21.9 Å². The van der Waals surface area contributed by atoms with E-state index in [9.17, 15) is 14.4 Å². The highest BCUT2D eigenvalue weighted by Crippen LogP contribution is 2.32. The van der Waals surface area contributed by atoms with Gasteiger partial charge in [-0.15, -0.1) is 24.8 Å². The van der Waals surface area contributed by atoms with E-state index < -0.39 is 16.8 Å². The Labute approximate surface area is 169 Å². The summed E-state index contributed by atoms with van der Waals surface area (Å²) in [5.41, 5.74) is 5.57. The van der Waals surface area contributed by atoms with E-state index in [1.807, 2.05) is 6.92 Å². The van der Waals surface area contributed by atoms with Crippen LogP contribution in [0.4, 0.5) is 5.69 Å². The Morgan fingerprint density at radius 3 is 2.56 bits per heavy atom. The number of fused-ring (bicyclic) bond motifs is 1. The smallest absolute Gasteiger partial charge is 0.325 e. The fraction of sp³-hybridized carbons (Fsp3) is 0.529. The highest BCUT2D eigenvalue weighted by atomic mass is 35.5. The van der Waals surface area contributed by atoms with Gasteiger partial charge in [-0.2, -0.15) is 0 Å². The van der Waals surface area contributed by atoms with Gasteiger partial charge in [-0.3, -0.25) is 18.7 Å². The number of nitrogens with zero attached hydrogens (tertiary/aromatic N) is 3. The summed E-state index contributed by atoms with van der Waals surface area (Å²) in [6.45, 7) is 1.90. The summed E-state index contributed by atoms with van der Waals surface area (Å²) < 4.78 is 2.33. The summed E-state index contributed by atoms with van der Waals surface area (Å²) in [5.74, 6) is -0.438. The van der Waals surface area contributed by atoms with Crippen molar-refractivity contribution in [3.63, 3.8) is 0 Å². The molecule has 1 amide bonds. The number of aryl methyl sites for hydroxylation is 1. The molecule has 8 nitrogen and oxygen atoms in total. The summed E-state index contributed by atoms with van der Waals surface area (Å²) in [7, 11) is 2.97. The van der Waals surface area contributed by atoms with E-state index in [2.05, 4.69) is 10.3 Å². The zero-order valence-corrected chi connectivity index (χ0v) is 17.2. The van der Waals surface area contributed by atoms with Crippen LogP contribution in [0.1, 0.15) is 32.6 Å². The Bertz CT molecular complexity index is 967. The largest absolute Gasteiger partial charge is 0.332 e. The number of pyridine rings is 1. The molecule has 2 aromatic heterocycles. The molecule has 0 aliphatic heterocycles. The van der Waals surface area contributed by atoms with Crippen molar-refractivity contribution in [2.75, 3.05) is 5.32 Å². The summed E-state index contributed by atoms with van der Waals surface area (Å²) >= 11 is 0. The molecule has 2 unspecified atom stereocenters. The minimum Gasteiger partial charge on any atom is -0.325 e. The monoisotopic (exact) mass is 417 g/mol. The van der Waals surface area contributed by atoms with E-state index in [1.165, 1.54) is 17.8 Å². The second-order valence-electron chi connectivity index (χ2n) is 7.09. The molecule has 27 heavy (non-hydrogen) atoms. The molecule has 0 saturated heterocycles. The minimum absolute atomic E-state index is 0. The molecule has 1 aliphatic rings. The van der Waals surface area contributed by atoms with Crippen LogP contribution in [0.3, 0.4) is 0 Å². The average molecular weight is 418 g/mol. The van der Waals surface area contributed by atoms with Gasteiger partial charge in [0.25, 0.3) is 5.56 Å². The highest BCUT2D eigenvalue weighted by molar-refractivity contribution is 5.94. The zero-order valence-electron chi connectivity index (χ0n) is 15.5. The first-order valence-electron chi connectivity index (χ1n) is 8.38. The first-order valence-corrected chi connectivity index (χ1v) is 8.38. The van der Waals surface area contributed by atoms with Gasteiger partial charge in [0.05, 0.1) is 23.2 Å². The first-order chi connectivity index (χ1) is 11.7. The Balaban J connectivity index is 0.00000182. The van der Waals surface area contributed by atoms with Crippen LogP contribution in [0.2, 0.25) is 0 Å². The standard InChI is InChI=1S/C17H23N5O3.2ClH/c1-17(18)7-5-4-6-12(17)14(23)20-10-8-11-13(19-9-10)21(2)16(25)22(3)15(11)24;;/h8-9,12H,4-7,18H2,1-3H3,(H,20,23);2*1H. The number of nitrogens with one attached hydrogen (secondary N) is 1. The number of hydrogen-bond donors (Lipinski definition) is 2. The van der Waals surface area contributed by atoms with Gasteiger partial charge in [0.2, 0.25) is 5.91 Å². The van der Waals surface area contributed by atoms with E-state index in [0.29, 0.717) is 5.69 Å². The highest BCUT2D eigenvalue weighted by Gasteiger charge is 2.37. The van der Waals surface area contributed by atoms with Crippen LogP contribution in [0.5, 0.6) is 0 Å². The maximum Gasteiger partial charge on any atom is 0.332 e. The van der Waals surface area contributed by atoms with Crippen molar-refractivity contribution in [3.8, 4) is 0 Å². The van der Waals surface area contributed by atoms with Gasteiger partial charge < -0.3 is 11.1 Å². The molecule has 1 fully saturated rings. The fourth-order valence-electron chi connectivity index (χ4n) is 3.55. The number of anilines is 1. The van der Waals surface area contributed by atoms with Crippen molar-refractivity contribution >= 4 is 47.4 Å². The molecular formula is C17H25Cl2N5O3. The van der Waals surface area contributed by atoms with Crippen LogP contribution >= 0.6 is 24.8 Å². The lowest BCUT2D eigenvalue weighted by Gasteiger charge is -2.37. The van der Waals surface area contributed by atoms with Gasteiger partial charge in [-0.1, -0.05) is 12.8 Å². The van der Waals surface area contributed by atoms with Crippen molar-refractivity contribution in [2.45, 2.75) is 38.1 Å². The van der Waals surface area contributed by atoms with Gasteiger partial charge >= 0.3 is 5.69 Å². The topological polar surface area (TPSA) is 112 Å². The number of nitrogens with two attached hydrogens (primary N) is 1. The van der Waals surface area contributed by atoms with Crippen molar-refractivity contribution in [1.29, 1.82) is 0 Å². The van der Waals surface area contributed by atoms with E-state index in [4.69, 9.17) is 5.73 Å². The Hall–Kier alpha value is -1.90. The number of aromatic nitrogens is 3. The summed E-state index contributed by atoms with van der Waals surface area (Å²) in [6.07, 6.45) is 5.01. The molecule has 2 aromatic rings. The summed E-state index contributed by atoms with van der Waals surface area (Å²) in [4.78, 5) is 41.1. The Morgan fingerprint density at radius 1 is 1.26 bits per heavy atom. The predicted octanol–water partition coefficient (Wildman–Crippen LogP) is 1.32. The maximum absolute atomic E-state index is 12.6. The third-order valence-corrected chi connectivity index (χ3v) is 5.13. The first kappa shape index (κ1) is 23.1. The van der Waals surface area contributed by atoms with E-state index in [-0.39, 0.29) is 47.7 Å². The predicted molar refractivity (Wildman–Crippen MR) is 110 cm³/mol. The van der Waals surface area contributed by atoms with Crippen LogP contribution in [0.25, 0.3) is 11.0 Å². The Kier molecular flexibility index (Phi) is 7.21. The second-order valence-corrected chi connectivity index (χ2v) is 7.09. The SMILES string of the molecule is Cl.Cl.Cn1c(=O)c2cc(NC(=O)C3CCCCC3(C)N)cnc2n(C)c1=O. The number of halogens is 2. The van der Waals surface area contributed by atoms with Crippen LogP contribution in [-0.4, -0.2) is 25.6 Å². The minimum atomic E-state index is -0.535. The Morgan fingerprint density at radius 2 is 1.93 bits per heavy atom. The van der Waals surface area contributed by atoms with Gasteiger partial charge in [0, 0.05) is 19.6 Å². The van der Waals surface area contributed by atoms with Crippen molar-refractivity contribution in [3.05, 3.63) is 33.1 Å². The lowest BCUT2D eigenvalue weighted by atomic mass is 9.74. The molecule has 1 aliphatic carbocycles. The number of rotatable bonds is 2. The number of carbonyl (C=O) groups excluding carboxylic acids is 1. The third kappa shape index (κ3) is 4.17. The van der Waals surface area contributed by atoms with E-state index in [0.717, 1.165) is 30.3 Å². The molecule has 3 N–H and O–H groups in total. The van der Waals surface area contributed by atoms with E-state index >= 15 is 0 Å². The molecule has 10 heteroatoms. The summed E-state index contributed by atoms with van der Waals surface area (Å²) in [5, 5.41) is 3.10. The molecule has 0 spiro atoms. The zero-order chi connectivity index (χ0) is 18.4. The molecule has 0 aromatic carbocycles. The van der Waals surface area contributed by atoms with Gasteiger partial charge in [-0.25, -0.2) is 9.78 Å². The normalized spacial score (nSPS) is 21.9. The number of hydrogen-bond acceptors (Lipinski definition) is 5. The van der Waals surface area contributed by atoms with Crippen molar-refractivity contribution in [2.24, 2.45) is 25.7 Å².